The minimum Gasteiger partial charge on any atom is -0.337 e. The second kappa shape index (κ2) is 7.30. The van der Waals surface area contributed by atoms with Gasteiger partial charge in [0.2, 0.25) is 11.7 Å². The fraction of sp³-hybridized carbons (Fsp3) is 0.375. The summed E-state index contributed by atoms with van der Waals surface area (Å²) in [6, 6.07) is 2.88. The molecule has 3 aromatic rings. The van der Waals surface area contributed by atoms with E-state index in [1.807, 2.05) is 32.9 Å². The Hall–Kier alpha value is -3.30. The van der Waals surface area contributed by atoms with Crippen molar-refractivity contribution in [2.24, 2.45) is 5.41 Å². The van der Waals surface area contributed by atoms with E-state index >= 15 is 0 Å². The highest BCUT2D eigenvalue weighted by atomic mass is 16.5. The maximum absolute atomic E-state index is 12.3. The van der Waals surface area contributed by atoms with Crippen LogP contribution in [0.4, 0.5) is 4.79 Å². The standard InChI is InChI=1S/C16H20N8O2/c1-16(2,3)11(14-22-13(24-26-14)12-19-9-20-23-12)21-15(25)18-8-10-5-4-6-17-7-10/h4-7,9,11H,8H2,1-3H3,(H2,18,21,25)(H,19,20,23). The minimum absolute atomic E-state index is 0.282. The topological polar surface area (TPSA) is 135 Å². The number of rotatable bonds is 5. The fourth-order valence-electron chi connectivity index (χ4n) is 2.28. The van der Waals surface area contributed by atoms with Crippen LogP contribution in [0, 0.1) is 5.41 Å². The van der Waals surface area contributed by atoms with E-state index in [0.29, 0.717) is 18.3 Å². The maximum Gasteiger partial charge on any atom is 0.315 e. The van der Waals surface area contributed by atoms with Gasteiger partial charge in [0.05, 0.1) is 0 Å². The molecule has 3 rings (SSSR count). The van der Waals surface area contributed by atoms with Crippen molar-refractivity contribution in [3.8, 4) is 11.6 Å². The Morgan fingerprint density at radius 1 is 1.38 bits per heavy atom. The molecule has 0 saturated carbocycles. The second-order valence-corrected chi connectivity index (χ2v) is 6.78. The summed E-state index contributed by atoms with van der Waals surface area (Å²) >= 11 is 0. The molecular formula is C16H20N8O2. The summed E-state index contributed by atoms with van der Waals surface area (Å²) in [7, 11) is 0. The van der Waals surface area contributed by atoms with Crippen molar-refractivity contribution in [3.63, 3.8) is 0 Å². The number of amides is 2. The van der Waals surface area contributed by atoms with Gasteiger partial charge in [-0.05, 0) is 17.0 Å². The Kier molecular flexibility index (Phi) is 4.92. The van der Waals surface area contributed by atoms with Gasteiger partial charge in [0, 0.05) is 18.9 Å². The fourth-order valence-corrected chi connectivity index (χ4v) is 2.28. The van der Waals surface area contributed by atoms with Crippen molar-refractivity contribution < 1.29 is 9.32 Å². The Bertz CT molecular complexity index is 839. The highest BCUT2D eigenvalue weighted by Gasteiger charge is 2.33. The molecule has 0 fully saturated rings. The van der Waals surface area contributed by atoms with Crippen molar-refractivity contribution in [3.05, 3.63) is 42.3 Å². The Balaban J connectivity index is 1.69. The molecule has 3 N–H and O–H groups in total. The highest BCUT2D eigenvalue weighted by Crippen LogP contribution is 2.32. The largest absolute Gasteiger partial charge is 0.337 e. The van der Waals surface area contributed by atoms with E-state index in [9.17, 15) is 4.79 Å². The van der Waals surface area contributed by atoms with E-state index in [1.165, 1.54) is 6.33 Å². The maximum atomic E-state index is 12.3. The molecule has 26 heavy (non-hydrogen) atoms. The molecule has 0 aliphatic carbocycles. The van der Waals surface area contributed by atoms with Gasteiger partial charge in [-0.1, -0.05) is 32.0 Å². The number of pyridine rings is 1. The zero-order valence-electron chi connectivity index (χ0n) is 14.7. The number of H-pyrrole nitrogens is 1. The number of nitrogens with zero attached hydrogens (tertiary/aromatic N) is 5. The summed E-state index contributed by atoms with van der Waals surface area (Å²) in [5.41, 5.74) is 0.553. The quantitative estimate of drug-likeness (QED) is 0.635. The van der Waals surface area contributed by atoms with Crippen LogP contribution in [0.1, 0.15) is 38.3 Å². The molecule has 0 bridgehead atoms. The average molecular weight is 356 g/mol. The van der Waals surface area contributed by atoms with Gasteiger partial charge >= 0.3 is 6.03 Å². The molecule has 3 heterocycles. The zero-order valence-corrected chi connectivity index (χ0v) is 14.7. The second-order valence-electron chi connectivity index (χ2n) is 6.78. The number of hydrogen-bond donors (Lipinski definition) is 3. The normalized spacial score (nSPS) is 12.6. The van der Waals surface area contributed by atoms with Crippen LogP contribution in [0.25, 0.3) is 11.6 Å². The number of aromatic nitrogens is 6. The first-order valence-electron chi connectivity index (χ1n) is 8.06. The van der Waals surface area contributed by atoms with Crippen LogP contribution in [0.15, 0.2) is 35.4 Å². The van der Waals surface area contributed by atoms with E-state index in [4.69, 9.17) is 4.52 Å². The lowest BCUT2D eigenvalue weighted by Gasteiger charge is -2.28. The van der Waals surface area contributed by atoms with E-state index in [-0.39, 0.29) is 17.3 Å². The third-order valence-corrected chi connectivity index (χ3v) is 3.63. The average Bonchev–Trinajstić information content (AvgIpc) is 3.29. The van der Waals surface area contributed by atoms with Crippen LogP contribution in [-0.2, 0) is 6.54 Å². The van der Waals surface area contributed by atoms with Gasteiger partial charge < -0.3 is 15.2 Å². The summed E-state index contributed by atoms with van der Waals surface area (Å²) < 4.78 is 5.34. The van der Waals surface area contributed by atoms with E-state index in [2.05, 4.69) is 40.9 Å². The monoisotopic (exact) mass is 356 g/mol. The van der Waals surface area contributed by atoms with Crippen LogP contribution in [-0.4, -0.2) is 36.3 Å². The first-order chi connectivity index (χ1) is 12.4. The molecule has 3 aromatic heterocycles. The minimum atomic E-state index is -0.486. The highest BCUT2D eigenvalue weighted by molar-refractivity contribution is 5.74. The third kappa shape index (κ3) is 4.21. The Labute approximate surface area is 149 Å². The van der Waals surface area contributed by atoms with Gasteiger partial charge in [-0.2, -0.15) is 10.1 Å². The molecule has 0 aliphatic rings. The SMILES string of the molecule is CC(C)(C)C(NC(=O)NCc1cccnc1)c1nc(-c2ncn[nH]2)no1. The number of hydrogen-bond acceptors (Lipinski definition) is 7. The van der Waals surface area contributed by atoms with E-state index in [1.54, 1.807) is 12.4 Å². The summed E-state index contributed by atoms with van der Waals surface area (Å²) in [6.07, 6.45) is 4.74. The van der Waals surface area contributed by atoms with Gasteiger partial charge in [-0.15, -0.1) is 0 Å². The van der Waals surface area contributed by atoms with E-state index < -0.39 is 6.04 Å². The molecular weight excluding hydrogens is 336 g/mol. The van der Waals surface area contributed by atoms with Gasteiger partial charge in [0.25, 0.3) is 0 Å². The number of carbonyl (C=O) groups is 1. The summed E-state index contributed by atoms with van der Waals surface area (Å²) in [6.45, 7) is 6.27. The first-order valence-corrected chi connectivity index (χ1v) is 8.06. The Morgan fingerprint density at radius 3 is 2.88 bits per heavy atom. The molecule has 0 saturated heterocycles. The molecule has 1 atom stereocenters. The third-order valence-electron chi connectivity index (χ3n) is 3.63. The van der Waals surface area contributed by atoms with Crippen molar-refractivity contribution >= 4 is 6.03 Å². The van der Waals surface area contributed by atoms with Crippen LogP contribution < -0.4 is 10.6 Å². The zero-order chi connectivity index (χ0) is 18.6. The van der Waals surface area contributed by atoms with Gasteiger partial charge in [0.1, 0.15) is 12.4 Å². The smallest absolute Gasteiger partial charge is 0.315 e. The number of carbonyl (C=O) groups excluding carboxylic acids is 1. The number of nitrogens with one attached hydrogen (secondary N) is 3. The molecule has 136 valence electrons. The lowest BCUT2D eigenvalue weighted by atomic mass is 9.86. The molecule has 10 heteroatoms. The predicted molar refractivity (Wildman–Crippen MR) is 91.5 cm³/mol. The van der Waals surface area contributed by atoms with Crippen LogP contribution in [0.5, 0.6) is 0 Å². The van der Waals surface area contributed by atoms with Crippen molar-refractivity contribution in [1.29, 1.82) is 0 Å². The summed E-state index contributed by atoms with van der Waals surface area (Å²) in [5, 5.41) is 16.0. The van der Waals surface area contributed by atoms with Gasteiger partial charge in [-0.3, -0.25) is 10.1 Å². The predicted octanol–water partition coefficient (Wildman–Crippen LogP) is 1.84. The van der Waals surface area contributed by atoms with Crippen LogP contribution in [0.3, 0.4) is 0 Å². The number of urea groups is 1. The van der Waals surface area contributed by atoms with Crippen molar-refractivity contribution in [2.45, 2.75) is 33.4 Å². The molecule has 1 unspecified atom stereocenters. The van der Waals surface area contributed by atoms with Crippen molar-refractivity contribution in [1.82, 2.24) is 40.9 Å². The first kappa shape index (κ1) is 17.5. The van der Waals surface area contributed by atoms with Gasteiger partial charge in [-0.25, -0.2) is 9.78 Å². The molecule has 0 radical (unpaired) electrons. The molecule has 2 amide bonds. The number of aromatic amines is 1. The Morgan fingerprint density at radius 2 is 2.23 bits per heavy atom. The molecule has 0 aliphatic heterocycles. The van der Waals surface area contributed by atoms with Crippen molar-refractivity contribution in [2.75, 3.05) is 0 Å². The molecule has 10 nitrogen and oxygen atoms in total. The lowest BCUT2D eigenvalue weighted by molar-refractivity contribution is 0.196. The summed E-state index contributed by atoms with van der Waals surface area (Å²) in [4.78, 5) is 24.7. The molecule has 0 aromatic carbocycles. The van der Waals surface area contributed by atoms with Crippen LogP contribution >= 0.6 is 0 Å². The van der Waals surface area contributed by atoms with Crippen LogP contribution in [0.2, 0.25) is 0 Å². The molecule has 0 spiro atoms. The van der Waals surface area contributed by atoms with E-state index in [0.717, 1.165) is 5.56 Å². The van der Waals surface area contributed by atoms with Gasteiger partial charge in [0.15, 0.2) is 5.82 Å². The summed E-state index contributed by atoms with van der Waals surface area (Å²) in [5.74, 6) is 0.971. The lowest BCUT2D eigenvalue weighted by Crippen LogP contribution is -2.42.